The van der Waals surface area contributed by atoms with Crippen LogP contribution in [-0.4, -0.2) is 49.3 Å². The predicted molar refractivity (Wildman–Crippen MR) is 119 cm³/mol. The third kappa shape index (κ3) is 3.34. The molecule has 1 fully saturated rings. The fraction of sp³-hybridized carbons (Fsp3) is 0.190. The van der Waals surface area contributed by atoms with E-state index in [1.54, 1.807) is 29.3 Å². The zero-order valence-corrected chi connectivity index (χ0v) is 17.5. The molecule has 4 aromatic rings. The molecule has 1 saturated heterocycles. The summed E-state index contributed by atoms with van der Waals surface area (Å²) in [5.41, 5.74) is 7.92. The Hall–Kier alpha value is -3.92. The number of benzene rings is 1. The smallest absolute Gasteiger partial charge is 0.302 e. The Kier molecular flexibility index (Phi) is 4.78. The lowest BCUT2D eigenvalue weighted by molar-refractivity contribution is -0.125. The number of carbonyl (C=O) groups is 2. The van der Waals surface area contributed by atoms with Crippen molar-refractivity contribution in [1.82, 2.24) is 24.4 Å². The molecule has 1 atom stereocenters. The van der Waals surface area contributed by atoms with Crippen LogP contribution in [0.1, 0.15) is 22.8 Å². The van der Waals surface area contributed by atoms with E-state index in [4.69, 9.17) is 21.8 Å². The van der Waals surface area contributed by atoms with Crippen molar-refractivity contribution in [3.05, 3.63) is 54.0 Å². The lowest BCUT2D eigenvalue weighted by atomic mass is 10.2. The number of nitrogen functional groups attached to an aromatic ring is 1. The second-order valence-corrected chi connectivity index (χ2v) is 7.86. The monoisotopic (exact) mass is 451 g/mol. The second-order valence-electron chi connectivity index (χ2n) is 7.42. The van der Waals surface area contributed by atoms with E-state index in [1.807, 2.05) is 4.57 Å². The van der Waals surface area contributed by atoms with E-state index in [9.17, 15) is 9.59 Å². The standard InChI is InChI=1S/C21H18ClN7O3/c1-2-16(30)28-6-5-12(8-28)29-9-13(17-18(23)24-10-25-19(17)29)20(31)27-21-26-14-7-11(22)3-4-15(14)32-21/h2-4,7,9-10,12H,1,5-6,8H2,(H2,23,24,25)(H,26,27,31)/t12-/m1/s1. The van der Waals surface area contributed by atoms with Gasteiger partial charge in [-0.1, -0.05) is 18.2 Å². The topological polar surface area (TPSA) is 132 Å². The van der Waals surface area contributed by atoms with Crippen molar-refractivity contribution in [3.63, 3.8) is 0 Å². The summed E-state index contributed by atoms with van der Waals surface area (Å²) >= 11 is 5.99. The minimum atomic E-state index is -0.468. The summed E-state index contributed by atoms with van der Waals surface area (Å²) in [4.78, 5) is 39.5. The molecule has 5 rings (SSSR count). The highest BCUT2D eigenvalue weighted by Crippen LogP contribution is 2.31. The van der Waals surface area contributed by atoms with Crippen LogP contribution in [0.2, 0.25) is 5.02 Å². The van der Waals surface area contributed by atoms with Gasteiger partial charge in [-0.05, 0) is 30.7 Å². The zero-order chi connectivity index (χ0) is 22.4. The summed E-state index contributed by atoms with van der Waals surface area (Å²) in [6.07, 6.45) is 5.03. The van der Waals surface area contributed by atoms with E-state index < -0.39 is 5.91 Å². The quantitative estimate of drug-likeness (QED) is 0.455. The fourth-order valence-electron chi connectivity index (χ4n) is 3.98. The van der Waals surface area contributed by atoms with Crippen LogP contribution in [-0.2, 0) is 4.79 Å². The maximum absolute atomic E-state index is 13.1. The Morgan fingerprint density at radius 3 is 3.00 bits per heavy atom. The molecule has 10 nitrogen and oxygen atoms in total. The molecule has 32 heavy (non-hydrogen) atoms. The number of oxazole rings is 1. The number of carbonyl (C=O) groups excluding carboxylic acids is 2. The second kappa shape index (κ2) is 7.65. The van der Waals surface area contributed by atoms with Gasteiger partial charge in [0.25, 0.3) is 5.91 Å². The van der Waals surface area contributed by atoms with Crippen LogP contribution in [0.4, 0.5) is 11.8 Å². The number of halogens is 1. The number of nitrogens with one attached hydrogen (secondary N) is 1. The fourth-order valence-corrected chi connectivity index (χ4v) is 4.14. The molecule has 0 radical (unpaired) electrons. The van der Waals surface area contributed by atoms with E-state index in [0.717, 1.165) is 0 Å². The Morgan fingerprint density at radius 1 is 1.34 bits per heavy atom. The molecule has 0 bridgehead atoms. The Labute approximate surface area is 186 Å². The largest absolute Gasteiger partial charge is 0.423 e. The molecule has 0 aliphatic carbocycles. The molecule has 0 spiro atoms. The number of aromatic nitrogens is 4. The molecule has 1 aliphatic rings. The first kappa shape index (κ1) is 20.0. The number of rotatable bonds is 4. The van der Waals surface area contributed by atoms with Crippen LogP contribution >= 0.6 is 11.6 Å². The van der Waals surface area contributed by atoms with Gasteiger partial charge < -0.3 is 19.6 Å². The maximum atomic E-state index is 13.1. The highest BCUT2D eigenvalue weighted by Gasteiger charge is 2.30. The van der Waals surface area contributed by atoms with Crippen LogP contribution in [0.5, 0.6) is 0 Å². The summed E-state index contributed by atoms with van der Waals surface area (Å²) in [7, 11) is 0. The van der Waals surface area contributed by atoms with Crippen molar-refractivity contribution in [2.75, 3.05) is 24.1 Å². The van der Waals surface area contributed by atoms with Gasteiger partial charge in [-0.25, -0.2) is 9.97 Å². The van der Waals surface area contributed by atoms with Crippen molar-refractivity contribution in [1.29, 1.82) is 0 Å². The number of nitrogens with two attached hydrogens (primary N) is 1. The van der Waals surface area contributed by atoms with Gasteiger partial charge in [0.2, 0.25) is 5.91 Å². The first-order valence-electron chi connectivity index (χ1n) is 9.84. The molecule has 162 valence electrons. The van der Waals surface area contributed by atoms with Gasteiger partial charge in [0.05, 0.1) is 17.0 Å². The van der Waals surface area contributed by atoms with Gasteiger partial charge in [-0.3, -0.25) is 14.9 Å². The Morgan fingerprint density at radius 2 is 2.19 bits per heavy atom. The van der Waals surface area contributed by atoms with Gasteiger partial charge in [-0.2, -0.15) is 4.98 Å². The van der Waals surface area contributed by atoms with E-state index >= 15 is 0 Å². The molecule has 3 aromatic heterocycles. The van der Waals surface area contributed by atoms with Crippen molar-refractivity contribution in [2.24, 2.45) is 0 Å². The molecule has 3 N–H and O–H groups in total. The predicted octanol–water partition coefficient (Wildman–Crippen LogP) is 3.02. The number of anilines is 2. The number of hydrogen-bond donors (Lipinski definition) is 2. The third-order valence-corrected chi connectivity index (χ3v) is 5.73. The van der Waals surface area contributed by atoms with E-state index in [1.165, 1.54) is 12.4 Å². The maximum Gasteiger partial charge on any atom is 0.302 e. The zero-order valence-electron chi connectivity index (χ0n) is 16.8. The van der Waals surface area contributed by atoms with Crippen molar-refractivity contribution in [2.45, 2.75) is 12.5 Å². The van der Waals surface area contributed by atoms with Crippen LogP contribution in [0.25, 0.3) is 22.1 Å². The third-order valence-electron chi connectivity index (χ3n) is 5.50. The van der Waals surface area contributed by atoms with Gasteiger partial charge in [0.15, 0.2) is 5.58 Å². The first-order valence-corrected chi connectivity index (χ1v) is 10.2. The average molecular weight is 452 g/mol. The van der Waals surface area contributed by atoms with E-state index in [2.05, 4.69) is 26.8 Å². The van der Waals surface area contributed by atoms with Crippen LogP contribution in [0.3, 0.4) is 0 Å². The van der Waals surface area contributed by atoms with Crippen LogP contribution in [0, 0.1) is 0 Å². The molecule has 0 saturated carbocycles. The normalized spacial score (nSPS) is 16.0. The molecule has 2 amide bonds. The SMILES string of the molecule is C=CC(=O)N1CC[C@@H](n2cc(C(=O)Nc3nc4cc(Cl)ccc4o3)c3c(N)ncnc32)C1. The summed E-state index contributed by atoms with van der Waals surface area (Å²) in [6.45, 7) is 4.61. The summed E-state index contributed by atoms with van der Waals surface area (Å²) in [6, 6.07) is 4.96. The van der Waals surface area contributed by atoms with Crippen LogP contribution in [0.15, 0.2) is 47.8 Å². The average Bonchev–Trinajstić information content (AvgIpc) is 3.49. The first-order chi connectivity index (χ1) is 15.4. The molecule has 1 aromatic carbocycles. The number of hydrogen-bond acceptors (Lipinski definition) is 7. The van der Waals surface area contributed by atoms with E-state index in [-0.39, 0.29) is 29.3 Å². The highest BCUT2D eigenvalue weighted by atomic mass is 35.5. The van der Waals surface area contributed by atoms with Crippen molar-refractivity contribution >= 4 is 57.4 Å². The van der Waals surface area contributed by atoms with Crippen LogP contribution < -0.4 is 11.1 Å². The summed E-state index contributed by atoms with van der Waals surface area (Å²) in [5.74, 6) is -0.419. The number of likely N-dealkylation sites (tertiary alicyclic amines) is 1. The molecule has 0 unspecified atom stereocenters. The Bertz CT molecular complexity index is 1390. The van der Waals surface area contributed by atoms with Gasteiger partial charge in [-0.15, -0.1) is 0 Å². The molecule has 1 aliphatic heterocycles. The lowest BCUT2D eigenvalue weighted by Gasteiger charge is -2.15. The minimum absolute atomic E-state index is 0.0345. The molecular formula is C21H18ClN7O3. The van der Waals surface area contributed by atoms with Gasteiger partial charge in [0.1, 0.15) is 23.3 Å². The lowest BCUT2D eigenvalue weighted by Crippen LogP contribution is -2.27. The number of amides is 2. The summed E-state index contributed by atoms with van der Waals surface area (Å²) in [5, 5.41) is 3.60. The van der Waals surface area contributed by atoms with E-state index in [0.29, 0.717) is 46.7 Å². The van der Waals surface area contributed by atoms with Gasteiger partial charge in [0, 0.05) is 24.3 Å². The molecule has 11 heteroatoms. The Balaban J connectivity index is 1.50. The number of fused-ring (bicyclic) bond motifs is 2. The molecule has 4 heterocycles. The minimum Gasteiger partial charge on any atom is -0.423 e. The van der Waals surface area contributed by atoms with Crippen molar-refractivity contribution < 1.29 is 14.0 Å². The molecular weight excluding hydrogens is 434 g/mol. The van der Waals surface area contributed by atoms with Crippen molar-refractivity contribution in [3.8, 4) is 0 Å². The summed E-state index contributed by atoms with van der Waals surface area (Å²) < 4.78 is 7.46. The number of nitrogens with zero attached hydrogens (tertiary/aromatic N) is 5. The van der Waals surface area contributed by atoms with Gasteiger partial charge >= 0.3 is 6.01 Å². The highest BCUT2D eigenvalue weighted by molar-refractivity contribution is 6.31.